The maximum absolute atomic E-state index is 10.4. The molecule has 0 fully saturated rings. The molecule has 0 aliphatic carbocycles. The van der Waals surface area contributed by atoms with E-state index in [0.29, 0.717) is 6.42 Å². The van der Waals surface area contributed by atoms with Gasteiger partial charge < -0.3 is 5.11 Å². The van der Waals surface area contributed by atoms with E-state index in [0.717, 1.165) is 32.4 Å². The molecule has 102 valence electrons. The van der Waals surface area contributed by atoms with E-state index >= 15 is 0 Å². The van der Waals surface area contributed by atoms with Crippen molar-refractivity contribution in [3.8, 4) is 0 Å². The lowest BCUT2D eigenvalue weighted by molar-refractivity contribution is 0.174. The second-order valence-electron chi connectivity index (χ2n) is 4.48. The zero-order chi connectivity index (χ0) is 14.0. The number of benzene rings is 1. The molecule has 1 aromatic heterocycles. The van der Waals surface area contributed by atoms with E-state index in [9.17, 15) is 5.11 Å². The Balaban J connectivity index is 2.22. The molecule has 19 heavy (non-hydrogen) atoms. The summed E-state index contributed by atoms with van der Waals surface area (Å²) >= 11 is 6.90. The predicted molar refractivity (Wildman–Crippen MR) is 83.1 cm³/mol. The average molecular weight is 388 g/mol. The van der Waals surface area contributed by atoms with Crippen LogP contribution >= 0.6 is 31.9 Å². The summed E-state index contributed by atoms with van der Waals surface area (Å²) in [6, 6.07) is 7.84. The average Bonchev–Trinajstić information content (AvgIpc) is 2.69. The number of hydrogen-bond acceptors (Lipinski definition) is 2. The van der Waals surface area contributed by atoms with E-state index in [1.807, 2.05) is 35.9 Å². The van der Waals surface area contributed by atoms with Crippen molar-refractivity contribution >= 4 is 31.9 Å². The SMILES string of the molecule is CCn1nc(C)cc1CC(O)c1ccc(Br)cc1Br. The maximum Gasteiger partial charge on any atom is 0.0856 e. The summed E-state index contributed by atoms with van der Waals surface area (Å²) in [5, 5.41) is 14.8. The van der Waals surface area contributed by atoms with Crippen molar-refractivity contribution in [2.75, 3.05) is 0 Å². The molecular weight excluding hydrogens is 372 g/mol. The van der Waals surface area contributed by atoms with E-state index < -0.39 is 6.10 Å². The van der Waals surface area contributed by atoms with Gasteiger partial charge in [-0.1, -0.05) is 37.9 Å². The van der Waals surface area contributed by atoms with Gasteiger partial charge in [0.2, 0.25) is 0 Å². The van der Waals surface area contributed by atoms with Crippen LogP contribution in [0, 0.1) is 6.92 Å². The third-order valence-corrected chi connectivity index (χ3v) is 4.19. The van der Waals surface area contributed by atoms with Crippen LogP contribution in [-0.2, 0) is 13.0 Å². The lowest BCUT2D eigenvalue weighted by atomic mass is 10.0. The van der Waals surface area contributed by atoms with Gasteiger partial charge in [0.15, 0.2) is 0 Å². The van der Waals surface area contributed by atoms with Crippen molar-refractivity contribution in [3.05, 3.63) is 50.2 Å². The Bertz CT molecular complexity index is 581. The number of rotatable bonds is 4. The Kier molecular flexibility index (Phi) is 4.81. The molecule has 0 aliphatic heterocycles. The smallest absolute Gasteiger partial charge is 0.0856 e. The van der Waals surface area contributed by atoms with Gasteiger partial charge in [0, 0.05) is 27.6 Å². The van der Waals surface area contributed by atoms with E-state index in [2.05, 4.69) is 43.9 Å². The van der Waals surface area contributed by atoms with Crippen LogP contribution in [0.15, 0.2) is 33.2 Å². The minimum atomic E-state index is -0.538. The molecule has 0 saturated heterocycles. The van der Waals surface area contributed by atoms with Crippen molar-refractivity contribution in [2.24, 2.45) is 0 Å². The fourth-order valence-corrected chi connectivity index (χ4v) is 3.43. The standard InChI is InChI=1S/C14H16Br2N2O/c1-3-18-11(6-9(2)17-18)8-14(19)12-5-4-10(15)7-13(12)16/h4-7,14,19H,3,8H2,1-2H3. The highest BCUT2D eigenvalue weighted by Crippen LogP contribution is 2.29. The van der Waals surface area contributed by atoms with Crippen molar-refractivity contribution in [1.82, 2.24) is 9.78 Å². The van der Waals surface area contributed by atoms with Gasteiger partial charge in [0.1, 0.15) is 0 Å². The largest absolute Gasteiger partial charge is 0.388 e. The first kappa shape index (κ1) is 14.8. The summed E-state index contributed by atoms with van der Waals surface area (Å²) in [5.41, 5.74) is 2.94. The van der Waals surface area contributed by atoms with E-state index in [-0.39, 0.29) is 0 Å². The monoisotopic (exact) mass is 386 g/mol. The summed E-state index contributed by atoms with van der Waals surface area (Å²) in [4.78, 5) is 0. The third kappa shape index (κ3) is 3.46. The van der Waals surface area contributed by atoms with Gasteiger partial charge in [-0.3, -0.25) is 4.68 Å². The quantitative estimate of drug-likeness (QED) is 0.860. The number of aryl methyl sites for hydroxylation is 2. The van der Waals surface area contributed by atoms with Gasteiger partial charge >= 0.3 is 0 Å². The van der Waals surface area contributed by atoms with Crippen LogP contribution in [0.2, 0.25) is 0 Å². The van der Waals surface area contributed by atoms with E-state index in [4.69, 9.17) is 0 Å². The number of nitrogens with zero attached hydrogens (tertiary/aromatic N) is 2. The summed E-state index contributed by atoms with van der Waals surface area (Å²) in [5.74, 6) is 0. The van der Waals surface area contributed by atoms with E-state index in [1.165, 1.54) is 0 Å². The Morgan fingerprint density at radius 3 is 2.68 bits per heavy atom. The zero-order valence-corrected chi connectivity index (χ0v) is 14.1. The van der Waals surface area contributed by atoms with Crippen LogP contribution in [0.4, 0.5) is 0 Å². The number of aliphatic hydroxyl groups excluding tert-OH is 1. The molecule has 0 amide bonds. The normalized spacial score (nSPS) is 12.7. The van der Waals surface area contributed by atoms with Crippen molar-refractivity contribution in [2.45, 2.75) is 32.9 Å². The fourth-order valence-electron chi connectivity index (χ4n) is 2.12. The summed E-state index contributed by atoms with van der Waals surface area (Å²) < 4.78 is 3.84. The highest BCUT2D eigenvalue weighted by Gasteiger charge is 2.15. The summed E-state index contributed by atoms with van der Waals surface area (Å²) in [6.45, 7) is 4.84. The minimum absolute atomic E-state index is 0.538. The van der Waals surface area contributed by atoms with Crippen LogP contribution < -0.4 is 0 Å². The lowest BCUT2D eigenvalue weighted by Gasteiger charge is -2.14. The van der Waals surface area contributed by atoms with Gasteiger partial charge in [-0.25, -0.2) is 0 Å². The molecular formula is C14H16Br2N2O. The molecule has 0 radical (unpaired) electrons. The molecule has 0 aliphatic rings. The van der Waals surface area contributed by atoms with Gasteiger partial charge in [-0.2, -0.15) is 5.10 Å². The van der Waals surface area contributed by atoms with Crippen LogP contribution in [0.25, 0.3) is 0 Å². The minimum Gasteiger partial charge on any atom is -0.388 e. The van der Waals surface area contributed by atoms with Gasteiger partial charge in [0.05, 0.1) is 11.8 Å². The molecule has 1 atom stereocenters. The molecule has 2 aromatic rings. The molecule has 1 aromatic carbocycles. The Morgan fingerprint density at radius 2 is 2.05 bits per heavy atom. The first-order chi connectivity index (χ1) is 9.01. The van der Waals surface area contributed by atoms with Crippen molar-refractivity contribution in [1.29, 1.82) is 0 Å². The predicted octanol–water partition coefficient (Wildman–Crippen LogP) is 4.01. The maximum atomic E-state index is 10.4. The molecule has 3 nitrogen and oxygen atoms in total. The number of aromatic nitrogens is 2. The molecule has 0 saturated carbocycles. The molecule has 5 heteroatoms. The molecule has 2 rings (SSSR count). The zero-order valence-electron chi connectivity index (χ0n) is 10.9. The topological polar surface area (TPSA) is 38.0 Å². The highest BCUT2D eigenvalue weighted by molar-refractivity contribution is 9.11. The second kappa shape index (κ2) is 6.20. The molecule has 0 bridgehead atoms. The molecule has 1 unspecified atom stereocenters. The third-order valence-electron chi connectivity index (χ3n) is 3.01. The number of aliphatic hydroxyl groups is 1. The highest BCUT2D eigenvalue weighted by atomic mass is 79.9. The van der Waals surface area contributed by atoms with Crippen LogP contribution in [-0.4, -0.2) is 14.9 Å². The Hall–Kier alpha value is -0.650. The van der Waals surface area contributed by atoms with Crippen LogP contribution in [0.5, 0.6) is 0 Å². The lowest BCUT2D eigenvalue weighted by Crippen LogP contribution is -2.09. The molecule has 1 N–H and O–H groups in total. The van der Waals surface area contributed by atoms with E-state index in [1.54, 1.807) is 0 Å². The number of hydrogen-bond donors (Lipinski definition) is 1. The van der Waals surface area contributed by atoms with Gasteiger partial charge in [0.25, 0.3) is 0 Å². The van der Waals surface area contributed by atoms with Crippen LogP contribution in [0.3, 0.4) is 0 Å². The van der Waals surface area contributed by atoms with Crippen molar-refractivity contribution < 1.29 is 5.11 Å². The molecule has 0 spiro atoms. The fraction of sp³-hybridized carbons (Fsp3) is 0.357. The van der Waals surface area contributed by atoms with Gasteiger partial charge in [-0.15, -0.1) is 0 Å². The number of halogens is 2. The Labute approximate surface area is 129 Å². The summed E-state index contributed by atoms with van der Waals surface area (Å²) in [6.07, 6.45) is 0.0263. The van der Waals surface area contributed by atoms with Crippen LogP contribution in [0.1, 0.15) is 30.0 Å². The molecule has 1 heterocycles. The second-order valence-corrected chi connectivity index (χ2v) is 6.25. The van der Waals surface area contributed by atoms with Crippen molar-refractivity contribution in [3.63, 3.8) is 0 Å². The first-order valence-electron chi connectivity index (χ1n) is 6.17. The Morgan fingerprint density at radius 1 is 1.32 bits per heavy atom. The van der Waals surface area contributed by atoms with Gasteiger partial charge in [-0.05, 0) is 37.6 Å². The first-order valence-corrected chi connectivity index (χ1v) is 7.76. The summed E-state index contributed by atoms with van der Waals surface area (Å²) in [7, 11) is 0.